The Kier molecular flexibility index (Phi) is 7.34. The second-order valence-electron chi connectivity index (χ2n) is 5.94. The minimum atomic E-state index is -0.402. The lowest BCUT2D eigenvalue weighted by molar-refractivity contribution is -0.156. The Balaban J connectivity index is 1.74. The van der Waals surface area contributed by atoms with Crippen molar-refractivity contribution in [1.29, 1.82) is 0 Å². The number of hydrogen-bond acceptors (Lipinski definition) is 4. The van der Waals surface area contributed by atoms with E-state index >= 15 is 0 Å². The van der Waals surface area contributed by atoms with Crippen molar-refractivity contribution in [2.24, 2.45) is 5.92 Å². The van der Waals surface area contributed by atoms with E-state index in [1.807, 2.05) is 0 Å². The van der Waals surface area contributed by atoms with Crippen LogP contribution in [0.15, 0.2) is 18.2 Å². The molecular formula is C17H22Cl2N2O3. The van der Waals surface area contributed by atoms with Crippen LogP contribution in [-0.2, 0) is 21.0 Å². The van der Waals surface area contributed by atoms with Gasteiger partial charge in [-0.15, -0.1) is 5.48 Å². The maximum atomic E-state index is 12.1. The lowest BCUT2D eigenvalue weighted by atomic mass is 10.1. The van der Waals surface area contributed by atoms with Gasteiger partial charge < -0.3 is 9.74 Å². The van der Waals surface area contributed by atoms with Gasteiger partial charge in [0.1, 0.15) is 0 Å². The van der Waals surface area contributed by atoms with Crippen molar-refractivity contribution in [2.75, 3.05) is 13.1 Å². The molecule has 1 saturated heterocycles. The summed E-state index contributed by atoms with van der Waals surface area (Å²) in [5.74, 6) is -0.778. The number of amides is 1. The number of carbonyl (C=O) groups excluding carboxylic acids is 2. The number of halogens is 2. The lowest BCUT2D eigenvalue weighted by Gasteiger charge is -2.16. The summed E-state index contributed by atoms with van der Waals surface area (Å²) in [5.41, 5.74) is 3.47. The maximum absolute atomic E-state index is 12.1. The predicted octanol–water partition coefficient (Wildman–Crippen LogP) is 3.58. The van der Waals surface area contributed by atoms with Gasteiger partial charge in [0.25, 0.3) is 0 Å². The average molecular weight is 373 g/mol. The van der Waals surface area contributed by atoms with Gasteiger partial charge in [-0.1, -0.05) is 49.0 Å². The molecule has 24 heavy (non-hydrogen) atoms. The normalized spacial score (nSPS) is 17.4. The van der Waals surface area contributed by atoms with Crippen LogP contribution in [0.4, 0.5) is 0 Å². The monoisotopic (exact) mass is 372 g/mol. The van der Waals surface area contributed by atoms with Gasteiger partial charge >= 0.3 is 5.97 Å². The molecule has 0 saturated carbocycles. The quantitative estimate of drug-likeness (QED) is 0.559. The number of hydroxylamine groups is 1. The molecule has 2 rings (SSSR count). The first kappa shape index (κ1) is 19.0. The first-order valence-electron chi connectivity index (χ1n) is 8.16. The standard InChI is InChI=1S/C17H22Cl2N2O3/c1-2-3-4-7-21-11-13(9-16(21)22)17(23)24-20-10-12-5-6-14(18)15(19)8-12/h5-6,8,13,20H,2-4,7,9-11H2,1H3. The first-order chi connectivity index (χ1) is 11.5. The Morgan fingerprint density at radius 1 is 1.33 bits per heavy atom. The van der Waals surface area contributed by atoms with Gasteiger partial charge in [0.15, 0.2) is 0 Å². The molecule has 1 aromatic carbocycles. The zero-order valence-corrected chi connectivity index (χ0v) is 15.2. The Morgan fingerprint density at radius 3 is 2.83 bits per heavy atom. The van der Waals surface area contributed by atoms with E-state index in [4.69, 9.17) is 28.0 Å². The van der Waals surface area contributed by atoms with Crippen molar-refractivity contribution in [2.45, 2.75) is 39.2 Å². The largest absolute Gasteiger partial charge is 0.370 e. The van der Waals surface area contributed by atoms with E-state index in [9.17, 15) is 9.59 Å². The van der Waals surface area contributed by atoms with E-state index in [1.165, 1.54) is 0 Å². The minimum absolute atomic E-state index is 0.0255. The molecule has 1 heterocycles. The molecular weight excluding hydrogens is 351 g/mol. The fourth-order valence-electron chi connectivity index (χ4n) is 2.62. The van der Waals surface area contributed by atoms with Gasteiger partial charge in [-0.3, -0.25) is 4.79 Å². The van der Waals surface area contributed by atoms with Crippen LogP contribution in [0.25, 0.3) is 0 Å². The second-order valence-corrected chi connectivity index (χ2v) is 6.75. The number of carbonyl (C=O) groups is 2. The zero-order valence-electron chi connectivity index (χ0n) is 13.7. The Labute approximate surface area is 152 Å². The SMILES string of the molecule is CCCCCN1CC(C(=O)ONCc2ccc(Cl)c(Cl)c2)CC1=O. The fraction of sp³-hybridized carbons (Fsp3) is 0.529. The van der Waals surface area contributed by atoms with E-state index in [1.54, 1.807) is 23.1 Å². The summed E-state index contributed by atoms with van der Waals surface area (Å²) >= 11 is 11.8. The fourth-order valence-corrected chi connectivity index (χ4v) is 2.94. The Morgan fingerprint density at radius 2 is 2.12 bits per heavy atom. The highest BCUT2D eigenvalue weighted by Gasteiger charge is 2.35. The minimum Gasteiger partial charge on any atom is -0.370 e. The third-order valence-corrected chi connectivity index (χ3v) is 4.75. The number of nitrogens with zero attached hydrogens (tertiary/aromatic N) is 1. The molecule has 0 bridgehead atoms. The van der Waals surface area contributed by atoms with Crippen LogP contribution in [-0.4, -0.2) is 29.9 Å². The van der Waals surface area contributed by atoms with E-state index in [0.717, 1.165) is 24.8 Å². The number of unbranched alkanes of at least 4 members (excludes halogenated alkanes) is 2. The molecule has 1 fully saturated rings. The molecule has 0 aromatic heterocycles. The van der Waals surface area contributed by atoms with E-state index in [2.05, 4.69) is 12.4 Å². The van der Waals surface area contributed by atoms with Gasteiger partial charge in [-0.2, -0.15) is 0 Å². The third kappa shape index (κ3) is 5.36. The molecule has 5 nitrogen and oxygen atoms in total. The van der Waals surface area contributed by atoms with Crippen LogP contribution in [0, 0.1) is 5.92 Å². The number of rotatable bonds is 8. The van der Waals surface area contributed by atoms with Crippen molar-refractivity contribution in [3.8, 4) is 0 Å². The summed E-state index contributed by atoms with van der Waals surface area (Å²) in [6.07, 6.45) is 3.38. The molecule has 1 unspecified atom stereocenters. The van der Waals surface area contributed by atoms with Crippen molar-refractivity contribution in [3.63, 3.8) is 0 Å². The van der Waals surface area contributed by atoms with Crippen LogP contribution in [0.5, 0.6) is 0 Å². The Hall–Kier alpha value is -1.30. The molecule has 0 aliphatic carbocycles. The highest BCUT2D eigenvalue weighted by Crippen LogP contribution is 2.23. The van der Waals surface area contributed by atoms with Gasteiger partial charge in [0.05, 0.1) is 22.5 Å². The predicted molar refractivity (Wildman–Crippen MR) is 93.6 cm³/mol. The zero-order chi connectivity index (χ0) is 17.5. The number of benzene rings is 1. The van der Waals surface area contributed by atoms with Crippen molar-refractivity contribution < 1.29 is 14.4 Å². The molecule has 1 aliphatic rings. The first-order valence-corrected chi connectivity index (χ1v) is 8.92. The molecule has 0 radical (unpaired) electrons. The highest BCUT2D eigenvalue weighted by molar-refractivity contribution is 6.42. The molecule has 7 heteroatoms. The summed E-state index contributed by atoms with van der Waals surface area (Å²) < 4.78 is 0. The van der Waals surface area contributed by atoms with Gasteiger partial charge in [-0.05, 0) is 24.1 Å². The summed E-state index contributed by atoms with van der Waals surface area (Å²) in [5, 5.41) is 0.927. The van der Waals surface area contributed by atoms with Crippen LogP contribution in [0.1, 0.15) is 38.2 Å². The van der Waals surface area contributed by atoms with E-state index < -0.39 is 11.9 Å². The van der Waals surface area contributed by atoms with Crippen LogP contribution >= 0.6 is 23.2 Å². The van der Waals surface area contributed by atoms with Crippen molar-refractivity contribution in [1.82, 2.24) is 10.4 Å². The van der Waals surface area contributed by atoms with Gasteiger partial charge in [0.2, 0.25) is 5.91 Å². The van der Waals surface area contributed by atoms with Crippen LogP contribution in [0.3, 0.4) is 0 Å². The molecule has 1 N–H and O–H groups in total. The maximum Gasteiger partial charge on any atom is 0.330 e. The summed E-state index contributed by atoms with van der Waals surface area (Å²) in [6.45, 7) is 3.60. The summed E-state index contributed by atoms with van der Waals surface area (Å²) in [4.78, 5) is 30.8. The molecule has 0 spiro atoms. The van der Waals surface area contributed by atoms with Crippen LogP contribution in [0.2, 0.25) is 10.0 Å². The molecule has 1 aromatic rings. The number of nitrogens with one attached hydrogen (secondary N) is 1. The van der Waals surface area contributed by atoms with Crippen LogP contribution < -0.4 is 5.48 Å². The van der Waals surface area contributed by atoms with Crippen molar-refractivity contribution >= 4 is 35.1 Å². The lowest BCUT2D eigenvalue weighted by Crippen LogP contribution is -2.29. The molecule has 1 aliphatic heterocycles. The molecule has 132 valence electrons. The van der Waals surface area contributed by atoms with Crippen molar-refractivity contribution in [3.05, 3.63) is 33.8 Å². The average Bonchev–Trinajstić information content (AvgIpc) is 2.92. The number of likely N-dealkylation sites (tertiary alicyclic amines) is 1. The third-order valence-electron chi connectivity index (χ3n) is 4.01. The van der Waals surface area contributed by atoms with E-state index in [0.29, 0.717) is 29.7 Å². The summed E-state index contributed by atoms with van der Waals surface area (Å²) in [7, 11) is 0. The van der Waals surface area contributed by atoms with E-state index in [-0.39, 0.29) is 12.3 Å². The topological polar surface area (TPSA) is 58.6 Å². The van der Waals surface area contributed by atoms with Gasteiger partial charge in [-0.25, -0.2) is 4.79 Å². The highest BCUT2D eigenvalue weighted by atomic mass is 35.5. The smallest absolute Gasteiger partial charge is 0.330 e. The molecule has 1 amide bonds. The Bertz CT molecular complexity index is 595. The number of hydrogen-bond donors (Lipinski definition) is 1. The second kappa shape index (κ2) is 9.25. The molecule has 1 atom stereocenters. The summed E-state index contributed by atoms with van der Waals surface area (Å²) in [6, 6.07) is 5.19. The van der Waals surface area contributed by atoms with Gasteiger partial charge in [0, 0.05) is 19.5 Å².